The quantitative estimate of drug-likeness (QED) is 0.768. The summed E-state index contributed by atoms with van der Waals surface area (Å²) in [6, 6.07) is 0. The van der Waals surface area contributed by atoms with Gasteiger partial charge in [-0.2, -0.15) is 0 Å². The van der Waals surface area contributed by atoms with E-state index in [2.05, 4.69) is 10.3 Å². The van der Waals surface area contributed by atoms with E-state index in [-0.39, 0.29) is 12.5 Å². The lowest BCUT2D eigenvalue weighted by Crippen LogP contribution is -2.58. The summed E-state index contributed by atoms with van der Waals surface area (Å²) in [6.45, 7) is 2.46. The molecule has 1 amide bonds. The Bertz CT molecular complexity index is 642. The summed E-state index contributed by atoms with van der Waals surface area (Å²) >= 11 is 1.58. The van der Waals surface area contributed by atoms with Crippen LogP contribution in [0, 0.1) is 0 Å². The van der Waals surface area contributed by atoms with Crippen molar-refractivity contribution in [3.8, 4) is 0 Å². The first-order valence-corrected chi connectivity index (χ1v) is 8.63. The van der Waals surface area contributed by atoms with Gasteiger partial charge in [0.15, 0.2) is 10.6 Å². The Hall–Kier alpha value is -1.48. The standard InChI is InChI=1S/C15H22N4O3S/c1-22-7-5-18-4-2-3-15(21,13(18)20)11-16-9-12-10-19-6-8-23-14(19)17-12/h6,8,10,16,21H,2-5,7,9,11H2,1H3/t15-/m0/s1. The molecule has 1 saturated heterocycles. The van der Waals surface area contributed by atoms with E-state index in [1.165, 1.54) is 0 Å². The molecule has 1 aliphatic rings. The van der Waals surface area contributed by atoms with Crippen LogP contribution >= 0.6 is 11.3 Å². The molecule has 0 saturated carbocycles. The molecule has 0 aromatic carbocycles. The third kappa shape index (κ3) is 3.55. The molecule has 2 N–H and O–H groups in total. The highest BCUT2D eigenvalue weighted by molar-refractivity contribution is 7.15. The second-order valence-electron chi connectivity index (χ2n) is 5.85. The van der Waals surface area contributed by atoms with Gasteiger partial charge in [-0.15, -0.1) is 11.3 Å². The number of nitrogens with one attached hydrogen (secondary N) is 1. The van der Waals surface area contributed by atoms with Crippen LogP contribution in [-0.4, -0.2) is 64.3 Å². The van der Waals surface area contributed by atoms with E-state index in [0.717, 1.165) is 17.1 Å². The number of carbonyl (C=O) groups excluding carboxylic acids is 1. The summed E-state index contributed by atoms with van der Waals surface area (Å²) in [6.07, 6.45) is 5.20. The lowest BCUT2D eigenvalue weighted by atomic mass is 9.91. The SMILES string of the molecule is COCCN1CCC[C@](O)(CNCc2cn3ccsc3n2)C1=O. The number of fused-ring (bicyclic) bond motifs is 1. The molecule has 126 valence electrons. The molecule has 0 bridgehead atoms. The topological polar surface area (TPSA) is 79.1 Å². The monoisotopic (exact) mass is 338 g/mol. The molecule has 1 fully saturated rings. The van der Waals surface area contributed by atoms with E-state index in [4.69, 9.17) is 4.74 Å². The van der Waals surface area contributed by atoms with E-state index in [1.807, 2.05) is 22.2 Å². The number of aliphatic hydroxyl groups is 1. The van der Waals surface area contributed by atoms with Crippen molar-refractivity contribution in [2.24, 2.45) is 0 Å². The lowest BCUT2D eigenvalue weighted by Gasteiger charge is -2.38. The second-order valence-corrected chi connectivity index (χ2v) is 6.72. The first-order chi connectivity index (χ1) is 11.1. The molecule has 23 heavy (non-hydrogen) atoms. The van der Waals surface area contributed by atoms with Crippen LogP contribution in [0.15, 0.2) is 17.8 Å². The van der Waals surface area contributed by atoms with Gasteiger partial charge in [-0.25, -0.2) is 4.98 Å². The second kappa shape index (κ2) is 6.96. The first-order valence-electron chi connectivity index (χ1n) is 7.75. The van der Waals surface area contributed by atoms with Crippen LogP contribution in [0.3, 0.4) is 0 Å². The van der Waals surface area contributed by atoms with E-state index in [9.17, 15) is 9.90 Å². The summed E-state index contributed by atoms with van der Waals surface area (Å²) < 4.78 is 6.99. The van der Waals surface area contributed by atoms with Crippen molar-refractivity contribution in [1.82, 2.24) is 19.6 Å². The number of likely N-dealkylation sites (tertiary alicyclic amines) is 1. The van der Waals surface area contributed by atoms with Crippen molar-refractivity contribution in [3.05, 3.63) is 23.5 Å². The average molecular weight is 338 g/mol. The highest BCUT2D eigenvalue weighted by Crippen LogP contribution is 2.22. The van der Waals surface area contributed by atoms with Gasteiger partial charge in [0.2, 0.25) is 0 Å². The van der Waals surface area contributed by atoms with Gasteiger partial charge in [0.1, 0.15) is 0 Å². The molecule has 1 atom stereocenters. The Morgan fingerprint density at radius 2 is 2.43 bits per heavy atom. The normalized spacial score (nSPS) is 22.2. The van der Waals surface area contributed by atoms with Crippen molar-refractivity contribution in [1.29, 1.82) is 0 Å². The molecule has 7 nitrogen and oxygen atoms in total. The van der Waals surface area contributed by atoms with Crippen LogP contribution < -0.4 is 5.32 Å². The van der Waals surface area contributed by atoms with Gasteiger partial charge in [0.05, 0.1) is 12.3 Å². The molecule has 3 heterocycles. The number of ether oxygens (including phenoxy) is 1. The number of carbonyl (C=O) groups is 1. The number of imidazole rings is 1. The maximum Gasteiger partial charge on any atom is 0.255 e. The third-order valence-electron chi connectivity index (χ3n) is 4.14. The van der Waals surface area contributed by atoms with Crippen LogP contribution in [0.5, 0.6) is 0 Å². The number of hydrogen-bond donors (Lipinski definition) is 2. The van der Waals surface area contributed by atoms with Gasteiger partial charge in [0.25, 0.3) is 5.91 Å². The zero-order chi connectivity index (χ0) is 16.3. The largest absolute Gasteiger partial charge is 0.383 e. The predicted molar refractivity (Wildman–Crippen MR) is 87.4 cm³/mol. The number of thiazole rings is 1. The smallest absolute Gasteiger partial charge is 0.255 e. The van der Waals surface area contributed by atoms with Crippen LogP contribution in [0.1, 0.15) is 18.5 Å². The Morgan fingerprint density at radius 1 is 1.57 bits per heavy atom. The number of piperidine rings is 1. The van der Waals surface area contributed by atoms with Crippen molar-refractivity contribution in [3.63, 3.8) is 0 Å². The molecule has 3 rings (SSSR count). The molecule has 8 heteroatoms. The fourth-order valence-electron chi connectivity index (χ4n) is 2.90. The van der Waals surface area contributed by atoms with Crippen molar-refractivity contribution in [2.75, 3.05) is 33.4 Å². The number of aromatic nitrogens is 2. The van der Waals surface area contributed by atoms with E-state index in [1.54, 1.807) is 23.3 Å². The number of rotatable bonds is 7. The highest BCUT2D eigenvalue weighted by atomic mass is 32.1. The van der Waals surface area contributed by atoms with Crippen LogP contribution in [0.2, 0.25) is 0 Å². The zero-order valence-electron chi connectivity index (χ0n) is 13.2. The van der Waals surface area contributed by atoms with Gasteiger partial charge in [-0.3, -0.25) is 9.20 Å². The fraction of sp³-hybridized carbons (Fsp3) is 0.600. The number of methoxy groups -OCH3 is 1. The van der Waals surface area contributed by atoms with Gasteiger partial charge < -0.3 is 20.1 Å². The summed E-state index contributed by atoms with van der Waals surface area (Å²) in [5, 5.41) is 15.8. The Balaban J connectivity index is 1.55. The molecule has 0 spiro atoms. The molecule has 2 aromatic rings. The van der Waals surface area contributed by atoms with Crippen LogP contribution in [0.25, 0.3) is 4.96 Å². The summed E-state index contributed by atoms with van der Waals surface area (Å²) in [7, 11) is 1.61. The molecule has 0 unspecified atom stereocenters. The van der Waals surface area contributed by atoms with Crippen molar-refractivity contribution in [2.45, 2.75) is 25.0 Å². The molecule has 1 aliphatic heterocycles. The van der Waals surface area contributed by atoms with E-state index in [0.29, 0.717) is 32.7 Å². The molecule has 0 aliphatic carbocycles. The highest BCUT2D eigenvalue weighted by Gasteiger charge is 2.41. The maximum atomic E-state index is 12.5. The van der Waals surface area contributed by atoms with Gasteiger partial charge >= 0.3 is 0 Å². The summed E-state index contributed by atoms with van der Waals surface area (Å²) in [4.78, 5) is 19.6. The van der Waals surface area contributed by atoms with Crippen molar-refractivity contribution >= 4 is 22.2 Å². The number of hydrogen-bond acceptors (Lipinski definition) is 6. The molecule has 2 aromatic heterocycles. The average Bonchev–Trinajstić information content (AvgIpc) is 3.10. The zero-order valence-corrected chi connectivity index (χ0v) is 14.0. The first kappa shape index (κ1) is 16.4. The molecular formula is C15H22N4O3S. The minimum absolute atomic E-state index is 0.209. The van der Waals surface area contributed by atoms with Gasteiger partial charge in [-0.1, -0.05) is 0 Å². The predicted octanol–water partition coefficient (Wildman–Crippen LogP) is 0.485. The summed E-state index contributed by atoms with van der Waals surface area (Å²) in [5.41, 5.74) is -0.428. The number of nitrogens with zero attached hydrogens (tertiary/aromatic N) is 3. The fourth-order valence-corrected chi connectivity index (χ4v) is 3.62. The third-order valence-corrected chi connectivity index (χ3v) is 4.91. The van der Waals surface area contributed by atoms with Gasteiger partial charge in [0, 0.05) is 51.1 Å². The van der Waals surface area contributed by atoms with E-state index < -0.39 is 5.60 Å². The summed E-state index contributed by atoms with van der Waals surface area (Å²) in [5.74, 6) is -0.209. The van der Waals surface area contributed by atoms with Crippen molar-refractivity contribution < 1.29 is 14.6 Å². The molecular weight excluding hydrogens is 316 g/mol. The maximum absolute atomic E-state index is 12.5. The Morgan fingerprint density at radius 3 is 3.22 bits per heavy atom. The number of amides is 1. The molecule has 0 radical (unpaired) electrons. The van der Waals surface area contributed by atoms with Gasteiger partial charge in [-0.05, 0) is 12.8 Å². The minimum Gasteiger partial charge on any atom is -0.383 e. The Kier molecular flexibility index (Phi) is 4.96. The van der Waals surface area contributed by atoms with Crippen LogP contribution in [-0.2, 0) is 16.1 Å². The van der Waals surface area contributed by atoms with Crippen LogP contribution in [0.4, 0.5) is 0 Å². The minimum atomic E-state index is -1.33. The Labute approximate surface area is 138 Å². The lowest BCUT2D eigenvalue weighted by molar-refractivity contribution is -0.157. The van der Waals surface area contributed by atoms with E-state index >= 15 is 0 Å².